The van der Waals surface area contributed by atoms with E-state index in [4.69, 9.17) is 4.74 Å². The molecule has 0 heterocycles. The van der Waals surface area contributed by atoms with E-state index in [2.05, 4.69) is 4.74 Å². The molecular formula is C9H16O5S. The third-order valence-corrected chi connectivity index (χ3v) is 2.75. The number of rotatable bonds is 8. The number of ketones is 1. The zero-order chi connectivity index (χ0) is 11.7. The minimum absolute atomic E-state index is 0.109. The van der Waals surface area contributed by atoms with Crippen molar-refractivity contribution in [2.24, 2.45) is 0 Å². The van der Waals surface area contributed by atoms with E-state index >= 15 is 0 Å². The van der Waals surface area contributed by atoms with Gasteiger partial charge in [0.25, 0.3) is 0 Å². The minimum atomic E-state index is -1.25. The van der Waals surface area contributed by atoms with Crippen LogP contribution in [0.2, 0.25) is 0 Å². The first-order valence-corrected chi connectivity index (χ1v) is 6.10. The Hall–Kier alpha value is -0.750. The lowest BCUT2D eigenvalue weighted by atomic mass is 10.3. The summed E-state index contributed by atoms with van der Waals surface area (Å²) in [4.78, 5) is 22.0. The summed E-state index contributed by atoms with van der Waals surface area (Å²) in [5.74, 6) is -0.720. The third kappa shape index (κ3) is 8.26. The summed E-state index contributed by atoms with van der Waals surface area (Å²) >= 11 is 0. The standard InChI is InChI=1S/C9H16O5S/c1-3-14-9(11)6-8(10)7-15(12)5-4-13-2/h3-7H2,1-2H3. The average molecular weight is 236 g/mol. The predicted molar refractivity (Wildman–Crippen MR) is 56.0 cm³/mol. The summed E-state index contributed by atoms with van der Waals surface area (Å²) in [5, 5.41) is 0. The fourth-order valence-electron chi connectivity index (χ4n) is 0.852. The molecule has 0 radical (unpaired) electrons. The van der Waals surface area contributed by atoms with Gasteiger partial charge in [0.05, 0.1) is 19.0 Å². The summed E-state index contributed by atoms with van der Waals surface area (Å²) in [6.07, 6.45) is -0.299. The highest BCUT2D eigenvalue weighted by Gasteiger charge is 2.13. The van der Waals surface area contributed by atoms with Crippen molar-refractivity contribution < 1.29 is 23.3 Å². The quantitative estimate of drug-likeness (QED) is 0.435. The van der Waals surface area contributed by atoms with Gasteiger partial charge in [-0.25, -0.2) is 0 Å². The molecule has 15 heavy (non-hydrogen) atoms. The van der Waals surface area contributed by atoms with Crippen LogP contribution in [0.3, 0.4) is 0 Å². The number of Topliss-reactive ketones (excluding diaryl/α,β-unsaturated/α-hetero) is 1. The van der Waals surface area contributed by atoms with Crippen molar-refractivity contribution >= 4 is 22.6 Å². The molecule has 0 aromatic rings. The summed E-state index contributed by atoms with van der Waals surface area (Å²) < 4.78 is 20.5. The molecule has 0 aliphatic heterocycles. The van der Waals surface area contributed by atoms with E-state index in [1.165, 1.54) is 7.11 Å². The molecule has 0 saturated carbocycles. The molecule has 6 heteroatoms. The second-order valence-corrected chi connectivity index (χ2v) is 4.38. The highest BCUT2D eigenvalue weighted by atomic mass is 32.2. The molecule has 0 amide bonds. The lowest BCUT2D eigenvalue weighted by molar-refractivity contribution is -0.145. The first kappa shape index (κ1) is 14.2. The molecule has 0 spiro atoms. The summed E-state index contributed by atoms with van der Waals surface area (Å²) in [6, 6.07) is 0. The van der Waals surface area contributed by atoms with Crippen molar-refractivity contribution in [1.82, 2.24) is 0 Å². The van der Waals surface area contributed by atoms with Crippen molar-refractivity contribution in [2.45, 2.75) is 13.3 Å². The van der Waals surface area contributed by atoms with Crippen LogP contribution < -0.4 is 0 Å². The van der Waals surface area contributed by atoms with Gasteiger partial charge >= 0.3 is 5.97 Å². The Kier molecular flexibility index (Phi) is 8.12. The molecule has 0 saturated heterocycles. The van der Waals surface area contributed by atoms with E-state index in [1.807, 2.05) is 0 Å². The van der Waals surface area contributed by atoms with E-state index in [0.717, 1.165) is 0 Å². The first-order chi connectivity index (χ1) is 7.10. The predicted octanol–water partition coefficient (Wildman–Crippen LogP) is -0.0962. The molecule has 0 aromatic carbocycles. The lowest BCUT2D eigenvalue weighted by Crippen LogP contribution is -2.19. The smallest absolute Gasteiger partial charge is 0.313 e. The van der Waals surface area contributed by atoms with Gasteiger partial charge < -0.3 is 9.47 Å². The van der Waals surface area contributed by atoms with Crippen molar-refractivity contribution in [3.05, 3.63) is 0 Å². The number of carbonyl (C=O) groups excluding carboxylic acids is 2. The summed E-state index contributed by atoms with van der Waals surface area (Å²) in [6.45, 7) is 2.26. The van der Waals surface area contributed by atoms with Gasteiger partial charge in [-0.05, 0) is 6.92 Å². The van der Waals surface area contributed by atoms with E-state index in [9.17, 15) is 13.8 Å². The Balaban J connectivity index is 3.73. The van der Waals surface area contributed by atoms with Gasteiger partial charge in [-0.15, -0.1) is 0 Å². The van der Waals surface area contributed by atoms with Gasteiger partial charge in [0, 0.05) is 23.7 Å². The molecular weight excluding hydrogens is 220 g/mol. The number of esters is 1. The molecule has 0 aromatic heterocycles. The van der Waals surface area contributed by atoms with Gasteiger partial charge in [-0.3, -0.25) is 13.8 Å². The zero-order valence-corrected chi connectivity index (χ0v) is 9.80. The largest absolute Gasteiger partial charge is 0.466 e. The maximum Gasteiger partial charge on any atom is 0.313 e. The van der Waals surface area contributed by atoms with Gasteiger partial charge in [0.2, 0.25) is 0 Å². The van der Waals surface area contributed by atoms with Crippen LogP contribution in [0.4, 0.5) is 0 Å². The third-order valence-electron chi connectivity index (χ3n) is 1.48. The number of hydrogen-bond acceptors (Lipinski definition) is 5. The Morgan fingerprint density at radius 1 is 1.33 bits per heavy atom. The van der Waals surface area contributed by atoms with Crippen LogP contribution in [-0.2, 0) is 29.9 Å². The van der Waals surface area contributed by atoms with Crippen molar-refractivity contribution in [3.63, 3.8) is 0 Å². The van der Waals surface area contributed by atoms with Crippen LogP contribution in [0.25, 0.3) is 0 Å². The monoisotopic (exact) mass is 236 g/mol. The van der Waals surface area contributed by atoms with Gasteiger partial charge in [0.1, 0.15) is 6.42 Å². The first-order valence-electron chi connectivity index (χ1n) is 4.61. The van der Waals surface area contributed by atoms with E-state index in [-0.39, 0.29) is 24.6 Å². The molecule has 5 nitrogen and oxygen atoms in total. The van der Waals surface area contributed by atoms with Crippen molar-refractivity contribution in [3.8, 4) is 0 Å². The number of hydrogen-bond donors (Lipinski definition) is 0. The maximum atomic E-state index is 11.2. The van der Waals surface area contributed by atoms with Gasteiger partial charge in [0.15, 0.2) is 5.78 Å². The fraction of sp³-hybridized carbons (Fsp3) is 0.778. The normalized spacial score (nSPS) is 12.1. The number of carbonyl (C=O) groups is 2. The fourth-order valence-corrected chi connectivity index (χ4v) is 1.81. The Labute approximate surface area is 91.6 Å². The highest BCUT2D eigenvalue weighted by molar-refractivity contribution is 7.85. The van der Waals surface area contributed by atoms with E-state index < -0.39 is 16.8 Å². The van der Waals surface area contributed by atoms with E-state index in [0.29, 0.717) is 12.4 Å². The molecule has 0 rings (SSSR count). The highest BCUT2D eigenvalue weighted by Crippen LogP contribution is 1.92. The molecule has 1 atom stereocenters. The Morgan fingerprint density at radius 3 is 2.53 bits per heavy atom. The number of methoxy groups -OCH3 is 1. The lowest BCUT2D eigenvalue weighted by Gasteiger charge is -2.01. The van der Waals surface area contributed by atoms with Gasteiger partial charge in [-0.2, -0.15) is 0 Å². The molecule has 0 bridgehead atoms. The number of ether oxygens (including phenoxy) is 2. The maximum absolute atomic E-state index is 11.2. The minimum Gasteiger partial charge on any atom is -0.466 e. The topological polar surface area (TPSA) is 69.7 Å². The summed E-state index contributed by atoms with van der Waals surface area (Å²) in [7, 11) is 0.245. The van der Waals surface area contributed by atoms with Gasteiger partial charge in [-0.1, -0.05) is 0 Å². The molecule has 0 fully saturated rings. The van der Waals surface area contributed by atoms with Crippen molar-refractivity contribution in [2.75, 3.05) is 31.8 Å². The van der Waals surface area contributed by atoms with Crippen LogP contribution in [0.1, 0.15) is 13.3 Å². The second-order valence-electron chi connectivity index (χ2n) is 2.80. The van der Waals surface area contributed by atoms with Crippen molar-refractivity contribution in [1.29, 1.82) is 0 Å². The zero-order valence-electron chi connectivity index (χ0n) is 8.99. The van der Waals surface area contributed by atoms with Crippen LogP contribution in [0.5, 0.6) is 0 Å². The molecule has 0 aliphatic rings. The SMILES string of the molecule is CCOC(=O)CC(=O)CS(=O)CCOC. The Morgan fingerprint density at radius 2 is 2.00 bits per heavy atom. The molecule has 0 aliphatic carbocycles. The van der Waals surface area contributed by atoms with Crippen LogP contribution >= 0.6 is 0 Å². The van der Waals surface area contributed by atoms with E-state index in [1.54, 1.807) is 6.92 Å². The molecule has 88 valence electrons. The van der Waals surface area contributed by atoms with Crippen LogP contribution in [0, 0.1) is 0 Å². The molecule has 1 unspecified atom stereocenters. The molecule has 0 N–H and O–H groups in total. The Bertz CT molecular complexity index is 239. The van der Waals surface area contributed by atoms with Crippen LogP contribution in [0.15, 0.2) is 0 Å². The van der Waals surface area contributed by atoms with Crippen LogP contribution in [-0.4, -0.2) is 47.8 Å². The average Bonchev–Trinajstić information content (AvgIpc) is 2.14. The summed E-state index contributed by atoms with van der Waals surface area (Å²) in [5.41, 5.74) is 0. The second kappa shape index (κ2) is 8.55.